The van der Waals surface area contributed by atoms with E-state index in [2.05, 4.69) is 27.7 Å². The van der Waals surface area contributed by atoms with Gasteiger partial charge in [-0.25, -0.2) is 4.79 Å². The third kappa shape index (κ3) is 5.53. The molecule has 0 radical (unpaired) electrons. The quantitative estimate of drug-likeness (QED) is 0.385. The van der Waals surface area contributed by atoms with Gasteiger partial charge in [0, 0.05) is 55.3 Å². The Kier molecular flexibility index (Phi) is 7.86. The fraction of sp³-hybridized carbons (Fsp3) is 0.500. The van der Waals surface area contributed by atoms with Gasteiger partial charge in [0.25, 0.3) is 0 Å². The molecule has 226 valence electrons. The summed E-state index contributed by atoms with van der Waals surface area (Å²) < 4.78 is 7.07. The van der Waals surface area contributed by atoms with Crippen molar-refractivity contribution in [1.29, 1.82) is 0 Å². The van der Waals surface area contributed by atoms with Crippen molar-refractivity contribution in [2.24, 2.45) is 5.92 Å². The third-order valence-electron chi connectivity index (χ3n) is 10.1. The number of para-hydroxylation sites is 1. The van der Waals surface area contributed by atoms with E-state index in [1.807, 2.05) is 46.2 Å². The highest BCUT2D eigenvalue weighted by atomic mass is 32.1. The van der Waals surface area contributed by atoms with E-state index < -0.39 is 17.6 Å². The number of hydrogen-bond acceptors (Lipinski definition) is 6. The Morgan fingerprint density at radius 1 is 0.884 bits per heavy atom. The zero-order chi connectivity index (χ0) is 29.4. The topological polar surface area (TPSA) is 82.2 Å². The maximum absolute atomic E-state index is 14.3. The molecule has 43 heavy (non-hydrogen) atoms. The molecule has 0 bridgehead atoms. The van der Waals surface area contributed by atoms with E-state index in [0.717, 1.165) is 48.1 Å². The molecular formula is C34H40N4O4S. The molecule has 3 fully saturated rings. The molecular weight excluding hydrogens is 560 g/mol. The molecule has 3 saturated heterocycles. The van der Waals surface area contributed by atoms with Gasteiger partial charge in [-0.1, -0.05) is 42.8 Å². The summed E-state index contributed by atoms with van der Waals surface area (Å²) in [7, 11) is 0. The number of piperidine rings is 3. The number of amides is 3. The van der Waals surface area contributed by atoms with Crippen LogP contribution in [0.15, 0.2) is 53.9 Å². The molecule has 3 aromatic rings. The maximum Gasteiger partial charge on any atom is 0.412 e. The zero-order valence-corrected chi connectivity index (χ0v) is 25.4. The van der Waals surface area contributed by atoms with Crippen molar-refractivity contribution in [1.82, 2.24) is 14.7 Å². The van der Waals surface area contributed by atoms with E-state index in [-0.39, 0.29) is 11.8 Å². The van der Waals surface area contributed by atoms with Gasteiger partial charge in [-0.15, -0.1) is 11.3 Å². The first-order valence-corrected chi connectivity index (χ1v) is 16.7. The number of nitrogens with zero attached hydrogens (tertiary/aromatic N) is 3. The third-order valence-corrected chi connectivity index (χ3v) is 11.1. The van der Waals surface area contributed by atoms with Crippen LogP contribution in [0.5, 0.6) is 0 Å². The number of ether oxygens (including phenoxy) is 1. The van der Waals surface area contributed by atoms with Crippen LogP contribution in [-0.4, -0.2) is 77.9 Å². The number of thiophene rings is 1. The fourth-order valence-corrected chi connectivity index (χ4v) is 8.66. The standard InChI is InChI=1S/C34H40N4O4S/c39-31(37-18-12-25(13-19-37)36-16-6-1-7-17-36)27(22-24-23-43-30-11-5-2-8-26(24)30)32(40)38-20-14-34(15-21-38)28-9-3-4-10-29(28)35-33(41)42-34/h2-5,8-11,23,25,27H,1,6-7,12-22H2,(H,35,41). The minimum atomic E-state index is -0.763. The second-order valence-corrected chi connectivity index (χ2v) is 13.5. The highest BCUT2D eigenvalue weighted by Crippen LogP contribution is 2.43. The number of anilines is 1. The molecule has 1 unspecified atom stereocenters. The molecule has 4 aliphatic heterocycles. The van der Waals surface area contributed by atoms with Gasteiger partial charge in [0.05, 0.1) is 5.69 Å². The molecule has 3 amide bonds. The van der Waals surface area contributed by atoms with E-state index in [9.17, 15) is 14.4 Å². The summed E-state index contributed by atoms with van der Waals surface area (Å²) in [6.07, 6.45) is 6.75. The van der Waals surface area contributed by atoms with E-state index in [1.54, 1.807) is 11.3 Å². The largest absolute Gasteiger partial charge is 0.438 e. The molecule has 1 spiro atoms. The van der Waals surface area contributed by atoms with Crippen LogP contribution in [-0.2, 0) is 26.3 Å². The summed E-state index contributed by atoms with van der Waals surface area (Å²) in [6, 6.07) is 16.5. The molecule has 4 aliphatic rings. The van der Waals surface area contributed by atoms with Crippen LogP contribution in [0, 0.1) is 5.92 Å². The fourth-order valence-electron chi connectivity index (χ4n) is 7.68. The normalized spacial score (nSPS) is 21.7. The van der Waals surface area contributed by atoms with E-state index in [1.165, 1.54) is 24.0 Å². The monoisotopic (exact) mass is 600 g/mol. The summed E-state index contributed by atoms with van der Waals surface area (Å²) in [6.45, 7) is 4.61. The van der Waals surface area contributed by atoms with Gasteiger partial charge in [-0.05, 0) is 73.7 Å². The van der Waals surface area contributed by atoms with Crippen molar-refractivity contribution in [3.05, 3.63) is 65.0 Å². The summed E-state index contributed by atoms with van der Waals surface area (Å²) in [5.41, 5.74) is 2.03. The first kappa shape index (κ1) is 28.3. The van der Waals surface area contributed by atoms with Crippen LogP contribution < -0.4 is 5.32 Å². The molecule has 7 rings (SSSR count). The molecule has 1 N–H and O–H groups in total. The number of likely N-dealkylation sites (tertiary alicyclic amines) is 3. The van der Waals surface area contributed by atoms with Crippen LogP contribution in [0.2, 0.25) is 0 Å². The second-order valence-electron chi connectivity index (χ2n) is 12.5. The minimum absolute atomic E-state index is 0.0451. The lowest BCUT2D eigenvalue weighted by molar-refractivity contribution is -0.150. The Hall–Kier alpha value is -3.43. The summed E-state index contributed by atoms with van der Waals surface area (Å²) in [5.74, 6) is -0.917. The van der Waals surface area contributed by atoms with Crippen LogP contribution in [0.4, 0.5) is 10.5 Å². The molecule has 9 heteroatoms. The van der Waals surface area contributed by atoms with Crippen molar-refractivity contribution in [2.45, 2.75) is 63.0 Å². The predicted molar refractivity (Wildman–Crippen MR) is 168 cm³/mol. The predicted octanol–water partition coefficient (Wildman–Crippen LogP) is 5.62. The summed E-state index contributed by atoms with van der Waals surface area (Å²) in [4.78, 5) is 47.3. The lowest BCUT2D eigenvalue weighted by Crippen LogP contribution is -2.54. The van der Waals surface area contributed by atoms with E-state index in [4.69, 9.17) is 4.74 Å². The second kappa shape index (κ2) is 11.9. The van der Waals surface area contributed by atoms with Crippen LogP contribution in [0.3, 0.4) is 0 Å². The van der Waals surface area contributed by atoms with Gasteiger partial charge in [0.15, 0.2) is 0 Å². The number of rotatable bonds is 5. The van der Waals surface area contributed by atoms with Crippen molar-refractivity contribution >= 4 is 45.0 Å². The van der Waals surface area contributed by atoms with Crippen molar-refractivity contribution < 1.29 is 19.1 Å². The van der Waals surface area contributed by atoms with Gasteiger partial charge in [-0.2, -0.15) is 0 Å². The number of hydrogen-bond donors (Lipinski definition) is 1. The van der Waals surface area contributed by atoms with Crippen molar-refractivity contribution in [3.8, 4) is 0 Å². The van der Waals surface area contributed by atoms with Gasteiger partial charge in [0.1, 0.15) is 11.5 Å². The number of carbonyl (C=O) groups excluding carboxylic acids is 3. The zero-order valence-electron chi connectivity index (χ0n) is 24.6. The van der Waals surface area contributed by atoms with Gasteiger partial charge in [0.2, 0.25) is 11.8 Å². The van der Waals surface area contributed by atoms with E-state index >= 15 is 0 Å². The Morgan fingerprint density at radius 3 is 2.33 bits per heavy atom. The Morgan fingerprint density at radius 2 is 1.56 bits per heavy atom. The minimum Gasteiger partial charge on any atom is -0.438 e. The lowest BCUT2D eigenvalue weighted by Gasteiger charge is -2.45. The van der Waals surface area contributed by atoms with Gasteiger partial charge < -0.3 is 19.4 Å². The Bertz CT molecular complexity index is 1500. The van der Waals surface area contributed by atoms with Crippen LogP contribution >= 0.6 is 11.3 Å². The number of fused-ring (bicyclic) bond motifs is 3. The van der Waals surface area contributed by atoms with Gasteiger partial charge >= 0.3 is 6.09 Å². The number of benzene rings is 2. The average molecular weight is 601 g/mol. The summed E-state index contributed by atoms with van der Waals surface area (Å²) in [5, 5.41) is 6.04. The Labute approximate surface area is 257 Å². The number of nitrogens with one attached hydrogen (secondary N) is 1. The highest BCUT2D eigenvalue weighted by molar-refractivity contribution is 7.17. The van der Waals surface area contributed by atoms with Crippen molar-refractivity contribution in [2.75, 3.05) is 44.6 Å². The van der Waals surface area contributed by atoms with Crippen LogP contribution in [0.1, 0.15) is 56.1 Å². The van der Waals surface area contributed by atoms with Gasteiger partial charge in [-0.3, -0.25) is 14.9 Å². The lowest BCUT2D eigenvalue weighted by atomic mass is 9.82. The molecule has 0 saturated carbocycles. The first-order valence-electron chi connectivity index (χ1n) is 15.9. The molecule has 5 heterocycles. The SMILES string of the molecule is O=C1Nc2ccccc2C2(CCN(C(=O)C(Cc3csc4ccccc34)C(=O)N3CCC(N4CCCCC4)CC3)CC2)O1. The number of carbonyl (C=O) groups is 3. The smallest absolute Gasteiger partial charge is 0.412 e. The molecule has 0 aliphatic carbocycles. The average Bonchev–Trinajstić information content (AvgIpc) is 3.46. The van der Waals surface area contributed by atoms with E-state index in [0.29, 0.717) is 51.5 Å². The molecule has 2 aromatic carbocycles. The first-order chi connectivity index (χ1) is 21.0. The maximum atomic E-state index is 14.3. The summed E-state index contributed by atoms with van der Waals surface area (Å²) >= 11 is 1.67. The van der Waals surface area contributed by atoms with Crippen LogP contribution in [0.25, 0.3) is 10.1 Å². The van der Waals surface area contributed by atoms with Crippen molar-refractivity contribution in [3.63, 3.8) is 0 Å². The molecule has 8 nitrogen and oxygen atoms in total. The molecule has 1 aromatic heterocycles. The highest BCUT2D eigenvalue weighted by Gasteiger charge is 2.46. The Balaban J connectivity index is 1.09. The molecule has 1 atom stereocenters.